The molecule has 0 aliphatic carbocycles. The van der Waals surface area contributed by atoms with Gasteiger partial charge < -0.3 is 49.6 Å². The fourth-order valence-electron chi connectivity index (χ4n) is 4.60. The molecule has 2 heterocycles. The number of aliphatic hydroxyl groups excluding tert-OH is 4. The van der Waals surface area contributed by atoms with Crippen LogP contribution in [0.15, 0.2) is 78.9 Å². The van der Waals surface area contributed by atoms with Crippen LogP contribution < -0.4 is 9.47 Å². The minimum atomic E-state index is -1.64. The molecule has 47 heavy (non-hydrogen) atoms. The van der Waals surface area contributed by atoms with Gasteiger partial charge in [-0.15, -0.1) is 0 Å². The molecular formula is C33H33N3O11. The van der Waals surface area contributed by atoms with E-state index in [0.29, 0.717) is 22.4 Å². The van der Waals surface area contributed by atoms with E-state index in [1.54, 1.807) is 49.4 Å². The van der Waals surface area contributed by atoms with Crippen molar-refractivity contribution in [1.29, 1.82) is 0 Å². The van der Waals surface area contributed by atoms with Crippen molar-refractivity contribution < 1.29 is 54.4 Å². The van der Waals surface area contributed by atoms with Crippen LogP contribution in [0.5, 0.6) is 23.0 Å². The first-order valence-electron chi connectivity index (χ1n) is 14.5. The number of esters is 1. The number of carbonyl (C=O) groups excluding carboxylic acids is 1. The second-order valence-corrected chi connectivity index (χ2v) is 10.6. The molecule has 1 aliphatic heterocycles. The number of phenols is 2. The number of carbonyl (C=O) groups is 1. The maximum Gasteiger partial charge on any atom is 0.333 e. The van der Waals surface area contributed by atoms with Gasteiger partial charge in [-0.3, -0.25) is 0 Å². The van der Waals surface area contributed by atoms with E-state index in [9.17, 15) is 35.4 Å². The standard InChI is InChI=1S/C33H33N3O11/c1-17(2)32(43)45-14-13-44-19-9-7-18(8-10-19)29-34-30(21-5-3-4-6-23(21)38)36-31(35-29)22-12-11-20(15-24(22)39)46-33-28(42)27(41)26(40)25(16-37)47-33/h3-12,15,25-28,33,37-42H,1,13-14,16H2,2H3. The number of hydrogen-bond acceptors (Lipinski definition) is 14. The van der Waals surface area contributed by atoms with E-state index < -0.39 is 43.3 Å². The van der Waals surface area contributed by atoms with Gasteiger partial charge in [-0.25, -0.2) is 19.7 Å². The van der Waals surface area contributed by atoms with Gasteiger partial charge in [0, 0.05) is 17.2 Å². The number of rotatable bonds is 11. The number of aliphatic hydroxyl groups is 4. The number of nitrogens with zero attached hydrogens (tertiary/aromatic N) is 3. The summed E-state index contributed by atoms with van der Waals surface area (Å²) in [6.07, 6.45) is -7.45. The lowest BCUT2D eigenvalue weighted by atomic mass is 9.99. The number of phenolic OH excluding ortho intramolecular Hbond substituents is 2. The second-order valence-electron chi connectivity index (χ2n) is 10.6. The Labute approximate surface area is 268 Å². The van der Waals surface area contributed by atoms with Gasteiger partial charge in [-0.1, -0.05) is 18.7 Å². The first-order chi connectivity index (χ1) is 22.5. The highest BCUT2D eigenvalue weighted by Crippen LogP contribution is 2.35. The zero-order chi connectivity index (χ0) is 33.7. The maximum absolute atomic E-state index is 11.5. The Morgan fingerprint density at radius 2 is 1.45 bits per heavy atom. The summed E-state index contributed by atoms with van der Waals surface area (Å²) in [5.41, 5.74) is 1.35. The van der Waals surface area contributed by atoms with Crippen molar-refractivity contribution in [2.45, 2.75) is 37.6 Å². The zero-order valence-corrected chi connectivity index (χ0v) is 25.1. The van der Waals surface area contributed by atoms with Crippen LogP contribution in [0.2, 0.25) is 0 Å². The molecular weight excluding hydrogens is 614 g/mol. The smallest absolute Gasteiger partial charge is 0.333 e. The van der Waals surface area contributed by atoms with E-state index in [4.69, 9.17) is 18.9 Å². The molecule has 0 saturated carbocycles. The minimum absolute atomic E-state index is 0.0377. The molecule has 4 aromatic rings. The van der Waals surface area contributed by atoms with E-state index in [2.05, 4.69) is 21.5 Å². The van der Waals surface area contributed by atoms with Crippen LogP contribution >= 0.6 is 0 Å². The molecule has 14 heteroatoms. The summed E-state index contributed by atoms with van der Waals surface area (Å²) >= 11 is 0. The Bertz CT molecular complexity index is 1730. The van der Waals surface area contributed by atoms with Crippen LogP contribution in [0.25, 0.3) is 34.2 Å². The quantitative estimate of drug-likeness (QED) is 0.0780. The van der Waals surface area contributed by atoms with Gasteiger partial charge in [0.05, 0.1) is 17.7 Å². The predicted molar refractivity (Wildman–Crippen MR) is 165 cm³/mol. The molecule has 0 bridgehead atoms. The van der Waals surface area contributed by atoms with Gasteiger partial charge in [0.2, 0.25) is 6.29 Å². The molecule has 1 aromatic heterocycles. The van der Waals surface area contributed by atoms with Crippen LogP contribution in [-0.4, -0.2) is 102 Å². The zero-order valence-electron chi connectivity index (χ0n) is 25.1. The van der Waals surface area contributed by atoms with E-state index in [1.807, 2.05) is 0 Å². The van der Waals surface area contributed by atoms with E-state index in [0.717, 1.165) is 0 Å². The number of para-hydroxylation sites is 1. The maximum atomic E-state index is 11.5. The van der Waals surface area contributed by atoms with Crippen LogP contribution in [0.1, 0.15) is 6.92 Å². The molecule has 1 aliphatic rings. The van der Waals surface area contributed by atoms with Gasteiger partial charge in [0.25, 0.3) is 0 Å². The minimum Gasteiger partial charge on any atom is -0.507 e. The lowest BCUT2D eigenvalue weighted by Gasteiger charge is -2.39. The lowest BCUT2D eigenvalue weighted by Crippen LogP contribution is -2.60. The van der Waals surface area contributed by atoms with Gasteiger partial charge in [0.1, 0.15) is 60.6 Å². The molecule has 246 valence electrons. The summed E-state index contributed by atoms with van der Waals surface area (Å²) in [4.78, 5) is 25.2. The summed E-state index contributed by atoms with van der Waals surface area (Å²) in [5.74, 6) is 0.0585. The Kier molecular flexibility index (Phi) is 10.3. The monoisotopic (exact) mass is 647 g/mol. The molecule has 3 aromatic carbocycles. The Morgan fingerprint density at radius 1 is 0.809 bits per heavy atom. The van der Waals surface area contributed by atoms with Crippen molar-refractivity contribution in [1.82, 2.24) is 15.0 Å². The van der Waals surface area contributed by atoms with Crippen molar-refractivity contribution in [2.75, 3.05) is 19.8 Å². The van der Waals surface area contributed by atoms with Crippen LogP contribution in [-0.2, 0) is 14.3 Å². The number of benzene rings is 3. The van der Waals surface area contributed by atoms with Crippen LogP contribution in [0, 0.1) is 0 Å². The third-order valence-electron chi connectivity index (χ3n) is 7.14. The topological polar surface area (TPSA) is 214 Å². The number of hydrogen-bond donors (Lipinski definition) is 6. The molecule has 1 saturated heterocycles. The van der Waals surface area contributed by atoms with E-state index in [-0.39, 0.29) is 53.5 Å². The fourth-order valence-corrected chi connectivity index (χ4v) is 4.60. The highest BCUT2D eigenvalue weighted by molar-refractivity contribution is 5.86. The van der Waals surface area contributed by atoms with Gasteiger partial charge in [-0.2, -0.15) is 0 Å². The number of aromatic nitrogens is 3. The van der Waals surface area contributed by atoms with Crippen molar-refractivity contribution in [2.24, 2.45) is 0 Å². The predicted octanol–water partition coefficient (Wildman–Crippen LogP) is 1.96. The SMILES string of the molecule is C=C(C)C(=O)OCCOc1ccc(-c2nc(-c3ccccc3O)nc(-c3ccc(OC4OC(CO)C(O)C(O)C4O)cc3O)n2)cc1. The second kappa shape index (κ2) is 14.5. The molecule has 5 unspecified atom stereocenters. The third-order valence-corrected chi connectivity index (χ3v) is 7.14. The van der Waals surface area contributed by atoms with Gasteiger partial charge in [0.15, 0.2) is 17.5 Å². The third kappa shape index (κ3) is 7.65. The summed E-state index contributed by atoms with van der Waals surface area (Å²) in [6, 6.07) is 17.4. The molecule has 0 spiro atoms. The van der Waals surface area contributed by atoms with E-state index in [1.165, 1.54) is 24.3 Å². The molecule has 0 radical (unpaired) electrons. The first kappa shape index (κ1) is 33.2. The Morgan fingerprint density at radius 3 is 2.09 bits per heavy atom. The summed E-state index contributed by atoms with van der Waals surface area (Å²) < 4.78 is 21.7. The average molecular weight is 648 g/mol. The van der Waals surface area contributed by atoms with Crippen LogP contribution in [0.3, 0.4) is 0 Å². The molecule has 6 N–H and O–H groups in total. The first-order valence-corrected chi connectivity index (χ1v) is 14.5. The van der Waals surface area contributed by atoms with Crippen molar-refractivity contribution in [3.8, 4) is 57.2 Å². The summed E-state index contributed by atoms with van der Waals surface area (Å²) in [5, 5.41) is 61.4. The van der Waals surface area contributed by atoms with Crippen molar-refractivity contribution in [3.63, 3.8) is 0 Å². The average Bonchev–Trinajstić information content (AvgIpc) is 3.07. The fraction of sp³-hybridized carbons (Fsp3) is 0.273. The van der Waals surface area contributed by atoms with E-state index >= 15 is 0 Å². The van der Waals surface area contributed by atoms with Crippen molar-refractivity contribution >= 4 is 5.97 Å². The van der Waals surface area contributed by atoms with Gasteiger partial charge >= 0.3 is 5.97 Å². The molecule has 0 amide bonds. The molecule has 1 fully saturated rings. The Balaban J connectivity index is 1.41. The van der Waals surface area contributed by atoms with Crippen LogP contribution in [0.4, 0.5) is 0 Å². The number of ether oxygens (including phenoxy) is 4. The summed E-state index contributed by atoms with van der Waals surface area (Å²) in [6.45, 7) is 4.63. The molecule has 5 rings (SSSR count). The molecule has 5 atom stereocenters. The lowest BCUT2D eigenvalue weighted by molar-refractivity contribution is -0.277. The van der Waals surface area contributed by atoms with Gasteiger partial charge in [-0.05, 0) is 55.5 Å². The Hall–Kier alpha value is -5.12. The summed E-state index contributed by atoms with van der Waals surface area (Å²) in [7, 11) is 0. The number of aromatic hydroxyl groups is 2. The highest BCUT2D eigenvalue weighted by Gasteiger charge is 2.44. The highest BCUT2D eigenvalue weighted by atomic mass is 16.7. The molecule has 14 nitrogen and oxygen atoms in total. The normalized spacial score (nSPS) is 20.7. The van der Waals surface area contributed by atoms with Crippen molar-refractivity contribution in [3.05, 3.63) is 78.9 Å². The largest absolute Gasteiger partial charge is 0.507 e.